The molecule has 0 saturated carbocycles. The minimum atomic E-state index is -1.42. The van der Waals surface area contributed by atoms with E-state index in [4.69, 9.17) is 9.84 Å². The summed E-state index contributed by atoms with van der Waals surface area (Å²) >= 11 is 0. The summed E-state index contributed by atoms with van der Waals surface area (Å²) < 4.78 is 6.11. The lowest BCUT2D eigenvalue weighted by molar-refractivity contribution is -0.0173. The number of hydrogen-bond acceptors (Lipinski definition) is 8. The smallest absolute Gasteiger partial charge is 0.300 e. The third-order valence-corrected chi connectivity index (χ3v) is 2.81. The van der Waals surface area contributed by atoms with Crippen molar-refractivity contribution in [2.24, 2.45) is 7.05 Å². The Morgan fingerprint density at radius 3 is 2.70 bits per heavy atom. The Bertz CT molecular complexity index is 686. The summed E-state index contributed by atoms with van der Waals surface area (Å²) in [6.45, 7) is -0.631. The molecule has 0 saturated heterocycles. The summed E-state index contributed by atoms with van der Waals surface area (Å²) in [6.07, 6.45) is -1.66. The van der Waals surface area contributed by atoms with Crippen molar-refractivity contribution in [3.63, 3.8) is 0 Å². The van der Waals surface area contributed by atoms with Crippen LogP contribution in [-0.4, -0.2) is 54.7 Å². The molecule has 9 nitrogen and oxygen atoms in total. The van der Waals surface area contributed by atoms with Crippen molar-refractivity contribution in [2.45, 2.75) is 12.2 Å². The number of aliphatic hydroxyl groups is 3. The van der Waals surface area contributed by atoms with Crippen molar-refractivity contribution >= 4 is 11.2 Å². The summed E-state index contributed by atoms with van der Waals surface area (Å²) in [4.78, 5) is 23.8. The number of nitrogens with zero attached hydrogens (tertiary/aromatic N) is 4. The zero-order valence-electron chi connectivity index (χ0n) is 10.9. The highest BCUT2D eigenvalue weighted by atomic mass is 16.5. The molecule has 3 N–H and O–H groups in total. The van der Waals surface area contributed by atoms with E-state index in [0.717, 1.165) is 6.20 Å². The van der Waals surface area contributed by atoms with E-state index in [9.17, 15) is 15.0 Å². The Morgan fingerprint density at radius 2 is 2.10 bits per heavy atom. The van der Waals surface area contributed by atoms with E-state index in [1.54, 1.807) is 0 Å². The predicted molar refractivity (Wildman–Crippen MR) is 67.2 cm³/mol. The van der Waals surface area contributed by atoms with Crippen LogP contribution >= 0.6 is 0 Å². The van der Waals surface area contributed by atoms with Crippen LogP contribution in [0.4, 0.5) is 0 Å². The van der Waals surface area contributed by atoms with Crippen molar-refractivity contribution < 1.29 is 20.1 Å². The number of hydrogen-bond donors (Lipinski definition) is 3. The highest BCUT2D eigenvalue weighted by Gasteiger charge is 2.21. The van der Waals surface area contributed by atoms with Gasteiger partial charge in [0.05, 0.1) is 25.6 Å². The zero-order chi connectivity index (χ0) is 14.9. The van der Waals surface area contributed by atoms with Crippen LogP contribution in [0.2, 0.25) is 0 Å². The molecule has 0 bridgehead atoms. The average molecular weight is 282 g/mol. The maximum atomic E-state index is 12.0. The molecule has 0 radical (unpaired) electrons. The molecule has 20 heavy (non-hydrogen) atoms. The standard InChI is InChI=1S/C11H14N4O5/c1-15-10(19)7-9(14-11(15)20-2)13-5(3-12-7)8(18)6(17)4-16/h3,6,8,16-18H,4H2,1-2H3/t6-,8-/m0/s1. The molecular weight excluding hydrogens is 268 g/mol. The average Bonchev–Trinajstić information content (AvgIpc) is 2.48. The summed E-state index contributed by atoms with van der Waals surface area (Å²) in [6, 6.07) is 0.0474. The number of aliphatic hydroxyl groups excluding tert-OH is 3. The monoisotopic (exact) mass is 282 g/mol. The van der Waals surface area contributed by atoms with Crippen LogP contribution in [0.5, 0.6) is 6.01 Å². The van der Waals surface area contributed by atoms with E-state index in [2.05, 4.69) is 15.0 Å². The maximum Gasteiger partial charge on any atom is 0.300 e. The first-order chi connectivity index (χ1) is 9.49. The van der Waals surface area contributed by atoms with Crippen LogP contribution in [-0.2, 0) is 7.05 Å². The molecular formula is C11H14N4O5. The lowest BCUT2D eigenvalue weighted by Crippen LogP contribution is -2.25. The second kappa shape index (κ2) is 5.49. The van der Waals surface area contributed by atoms with Gasteiger partial charge in [0.2, 0.25) is 0 Å². The van der Waals surface area contributed by atoms with Gasteiger partial charge in [-0.15, -0.1) is 0 Å². The lowest BCUT2D eigenvalue weighted by Gasteiger charge is -2.14. The minimum absolute atomic E-state index is 0.00172. The Morgan fingerprint density at radius 1 is 1.40 bits per heavy atom. The van der Waals surface area contributed by atoms with E-state index in [-0.39, 0.29) is 22.9 Å². The van der Waals surface area contributed by atoms with Gasteiger partial charge in [-0.25, -0.2) is 9.97 Å². The van der Waals surface area contributed by atoms with Crippen LogP contribution in [0.15, 0.2) is 11.0 Å². The van der Waals surface area contributed by atoms with Gasteiger partial charge >= 0.3 is 6.01 Å². The Hall–Kier alpha value is -2.10. The van der Waals surface area contributed by atoms with Gasteiger partial charge in [-0.3, -0.25) is 9.36 Å². The number of fused-ring (bicyclic) bond motifs is 1. The van der Waals surface area contributed by atoms with Gasteiger partial charge in [0.25, 0.3) is 5.56 Å². The summed E-state index contributed by atoms with van der Waals surface area (Å²) in [5, 5.41) is 27.9. The van der Waals surface area contributed by atoms with Crippen molar-refractivity contribution in [1.29, 1.82) is 0 Å². The number of rotatable bonds is 4. The van der Waals surface area contributed by atoms with Gasteiger partial charge < -0.3 is 20.1 Å². The molecule has 0 unspecified atom stereocenters. The van der Waals surface area contributed by atoms with E-state index >= 15 is 0 Å². The molecule has 0 amide bonds. The minimum Gasteiger partial charge on any atom is -0.468 e. The molecule has 9 heteroatoms. The highest BCUT2D eigenvalue weighted by Crippen LogP contribution is 2.16. The van der Waals surface area contributed by atoms with E-state index in [1.807, 2.05) is 0 Å². The van der Waals surface area contributed by atoms with Crippen LogP contribution in [0.3, 0.4) is 0 Å². The SMILES string of the molecule is COc1nc2nc([C@H](O)[C@@H](O)CO)cnc2c(=O)n1C. The molecule has 2 aromatic rings. The molecule has 0 aliphatic carbocycles. The summed E-state index contributed by atoms with van der Waals surface area (Å²) in [5.41, 5.74) is -0.431. The van der Waals surface area contributed by atoms with E-state index in [1.165, 1.54) is 18.7 Å². The first-order valence-electron chi connectivity index (χ1n) is 5.74. The van der Waals surface area contributed by atoms with Gasteiger partial charge in [0.15, 0.2) is 11.2 Å². The van der Waals surface area contributed by atoms with Crippen LogP contribution in [0.25, 0.3) is 11.2 Å². The molecule has 0 spiro atoms. The Kier molecular flexibility index (Phi) is 3.93. The molecule has 0 aliphatic heterocycles. The topological polar surface area (TPSA) is 131 Å². The molecule has 108 valence electrons. The maximum absolute atomic E-state index is 12.0. The van der Waals surface area contributed by atoms with E-state index < -0.39 is 24.4 Å². The molecule has 0 aliphatic rings. The quantitative estimate of drug-likeness (QED) is 0.594. The van der Waals surface area contributed by atoms with Crippen molar-refractivity contribution in [2.75, 3.05) is 13.7 Å². The third-order valence-electron chi connectivity index (χ3n) is 2.81. The summed E-state index contributed by atoms with van der Waals surface area (Å²) in [5.74, 6) is 0. The number of methoxy groups -OCH3 is 1. The Balaban J connectivity index is 2.60. The fourth-order valence-electron chi connectivity index (χ4n) is 1.65. The molecule has 2 atom stereocenters. The number of ether oxygens (including phenoxy) is 1. The van der Waals surface area contributed by atoms with Crippen molar-refractivity contribution in [3.8, 4) is 6.01 Å². The predicted octanol–water partition coefficient (Wildman–Crippen LogP) is -1.88. The molecule has 0 aromatic carbocycles. The van der Waals surface area contributed by atoms with Gasteiger partial charge in [-0.1, -0.05) is 0 Å². The second-order valence-corrected chi connectivity index (χ2v) is 4.12. The summed E-state index contributed by atoms with van der Waals surface area (Å²) in [7, 11) is 2.84. The third kappa shape index (κ3) is 2.33. The van der Waals surface area contributed by atoms with Crippen molar-refractivity contribution in [1.82, 2.24) is 19.5 Å². The molecule has 2 rings (SSSR count). The number of aromatic nitrogens is 4. The fraction of sp³-hybridized carbons (Fsp3) is 0.455. The highest BCUT2D eigenvalue weighted by molar-refractivity contribution is 5.68. The first-order valence-corrected chi connectivity index (χ1v) is 5.74. The van der Waals surface area contributed by atoms with Gasteiger partial charge in [0.1, 0.15) is 12.2 Å². The zero-order valence-corrected chi connectivity index (χ0v) is 10.9. The van der Waals surface area contributed by atoms with Crippen LogP contribution in [0, 0.1) is 0 Å². The first kappa shape index (κ1) is 14.3. The molecule has 0 fully saturated rings. The Labute approximate surface area is 113 Å². The van der Waals surface area contributed by atoms with Gasteiger partial charge in [0, 0.05) is 7.05 Å². The van der Waals surface area contributed by atoms with E-state index in [0.29, 0.717) is 0 Å². The second-order valence-electron chi connectivity index (χ2n) is 4.12. The van der Waals surface area contributed by atoms with Crippen LogP contribution < -0.4 is 10.3 Å². The molecule has 2 heterocycles. The fourth-order valence-corrected chi connectivity index (χ4v) is 1.65. The van der Waals surface area contributed by atoms with Gasteiger partial charge in [-0.05, 0) is 0 Å². The molecule has 2 aromatic heterocycles. The normalized spacial score (nSPS) is 14.2. The van der Waals surface area contributed by atoms with Crippen molar-refractivity contribution in [3.05, 3.63) is 22.2 Å². The largest absolute Gasteiger partial charge is 0.468 e. The lowest BCUT2D eigenvalue weighted by atomic mass is 10.1. The van der Waals surface area contributed by atoms with Gasteiger partial charge in [-0.2, -0.15) is 4.98 Å². The van der Waals surface area contributed by atoms with Crippen LogP contribution in [0.1, 0.15) is 11.8 Å².